The second-order valence-electron chi connectivity index (χ2n) is 12.8. The fraction of sp³-hybridized carbons (Fsp3) is 0.140. The van der Waals surface area contributed by atoms with Crippen molar-refractivity contribution in [3.05, 3.63) is 138 Å². The summed E-state index contributed by atoms with van der Waals surface area (Å²) >= 11 is 0. The molecule has 0 aliphatic carbocycles. The van der Waals surface area contributed by atoms with Gasteiger partial charge in [0.2, 0.25) is 0 Å². The Balaban J connectivity index is 1.32. The van der Waals surface area contributed by atoms with Gasteiger partial charge in [-0.25, -0.2) is 0 Å². The van der Waals surface area contributed by atoms with E-state index in [1.807, 2.05) is 66.7 Å². The van der Waals surface area contributed by atoms with Crippen molar-refractivity contribution in [1.82, 2.24) is 4.98 Å². The summed E-state index contributed by atoms with van der Waals surface area (Å²) in [7, 11) is 0. The molecule has 0 bridgehead atoms. The van der Waals surface area contributed by atoms with Crippen LogP contribution in [-0.2, 0) is 5.41 Å². The lowest BCUT2D eigenvalue weighted by molar-refractivity contribution is 0.590. The molecule has 2 nitrogen and oxygen atoms in total. The lowest BCUT2D eigenvalue weighted by Gasteiger charge is -2.19. The van der Waals surface area contributed by atoms with Crippen LogP contribution in [-0.4, -0.2) is 4.98 Å². The third-order valence-electron chi connectivity index (χ3n) is 8.92. The van der Waals surface area contributed by atoms with Gasteiger partial charge in [-0.3, -0.25) is 4.98 Å². The predicted octanol–water partition coefficient (Wildman–Crippen LogP) is 12.2. The van der Waals surface area contributed by atoms with Gasteiger partial charge in [-0.1, -0.05) is 106 Å². The van der Waals surface area contributed by atoms with Crippen LogP contribution < -0.4 is 0 Å². The Labute approximate surface area is 272 Å². The largest absolute Gasteiger partial charge is 0.455 e. The molecule has 0 aliphatic heterocycles. The van der Waals surface area contributed by atoms with Gasteiger partial charge in [0.15, 0.2) is 0 Å². The summed E-state index contributed by atoms with van der Waals surface area (Å²) in [5.41, 5.74) is 6.50. The van der Waals surface area contributed by atoms with Crippen molar-refractivity contribution < 1.29 is 12.6 Å². The van der Waals surface area contributed by atoms with Gasteiger partial charge in [0.05, 0.1) is 5.69 Å². The minimum atomic E-state index is -2.55. The summed E-state index contributed by atoms with van der Waals surface area (Å²) < 4.78 is 57.6. The van der Waals surface area contributed by atoms with Crippen LogP contribution in [0.3, 0.4) is 0 Å². The lowest BCUT2D eigenvalue weighted by Crippen LogP contribution is -2.10. The summed E-state index contributed by atoms with van der Waals surface area (Å²) in [6.45, 7) is 1.46. The molecule has 8 aromatic rings. The molecule has 0 fully saturated rings. The molecule has 0 spiro atoms. The molecule has 2 heterocycles. The molecule has 0 atom stereocenters. The van der Waals surface area contributed by atoms with Crippen molar-refractivity contribution in [3.8, 4) is 33.5 Å². The zero-order valence-electron chi connectivity index (χ0n) is 31.4. The molecular weight excluding hydrogens is 546 g/mol. The number of para-hydroxylation sites is 1. The molecule has 0 saturated carbocycles. The minimum absolute atomic E-state index is 0.0190. The van der Waals surface area contributed by atoms with E-state index in [0.29, 0.717) is 28.0 Å². The summed E-state index contributed by atoms with van der Waals surface area (Å²) in [6.07, 6.45) is 1.35. The molecule has 218 valence electrons. The SMILES string of the molecule is [2H]C([2H])([2H])c1cnc(-c2cccc3c2oc2c4ccccc4ccc32)cc1-c1cc2ccc(-c3ccc(C(C)(C)C)cc3)cc2cc1C([2H])([2H])[2H]. The van der Waals surface area contributed by atoms with Gasteiger partial charge in [0, 0.05) is 36.1 Å². The predicted molar refractivity (Wildman–Crippen MR) is 191 cm³/mol. The molecule has 0 unspecified atom stereocenters. The summed E-state index contributed by atoms with van der Waals surface area (Å²) in [4.78, 5) is 4.64. The Bertz CT molecular complexity index is 2640. The van der Waals surface area contributed by atoms with Gasteiger partial charge in [-0.2, -0.15) is 0 Å². The van der Waals surface area contributed by atoms with Crippen molar-refractivity contribution in [2.45, 2.75) is 39.9 Å². The van der Waals surface area contributed by atoms with Gasteiger partial charge in [0.1, 0.15) is 11.2 Å². The van der Waals surface area contributed by atoms with Gasteiger partial charge in [0.25, 0.3) is 0 Å². The number of aromatic nitrogens is 1. The van der Waals surface area contributed by atoms with Crippen LogP contribution in [0.4, 0.5) is 0 Å². The van der Waals surface area contributed by atoms with Gasteiger partial charge >= 0.3 is 0 Å². The van der Waals surface area contributed by atoms with E-state index in [1.165, 1.54) is 11.8 Å². The smallest absolute Gasteiger partial charge is 0.144 e. The molecular formula is C43H35NO. The molecule has 45 heavy (non-hydrogen) atoms. The van der Waals surface area contributed by atoms with Crippen LogP contribution in [0.5, 0.6) is 0 Å². The van der Waals surface area contributed by atoms with E-state index in [4.69, 9.17) is 12.6 Å². The third kappa shape index (κ3) is 4.60. The Kier molecular flexibility index (Phi) is 4.86. The van der Waals surface area contributed by atoms with Crippen molar-refractivity contribution in [3.63, 3.8) is 0 Å². The Morgan fingerprint density at radius 1 is 0.556 bits per heavy atom. The second-order valence-corrected chi connectivity index (χ2v) is 12.8. The van der Waals surface area contributed by atoms with E-state index >= 15 is 0 Å². The number of benzene rings is 6. The number of furan rings is 1. The highest BCUT2D eigenvalue weighted by atomic mass is 16.3. The molecule has 0 aliphatic rings. The van der Waals surface area contributed by atoms with E-state index in [2.05, 4.69) is 56.1 Å². The normalized spacial score (nSPS) is 14.6. The lowest BCUT2D eigenvalue weighted by atomic mass is 9.86. The first-order valence-electron chi connectivity index (χ1n) is 18.2. The molecule has 6 aromatic carbocycles. The van der Waals surface area contributed by atoms with Gasteiger partial charge < -0.3 is 4.42 Å². The first-order chi connectivity index (χ1) is 24.2. The first kappa shape index (κ1) is 21.5. The molecule has 0 saturated heterocycles. The average Bonchev–Trinajstić information content (AvgIpc) is 3.49. The highest BCUT2D eigenvalue weighted by molar-refractivity contribution is 6.17. The van der Waals surface area contributed by atoms with E-state index in [1.54, 1.807) is 18.2 Å². The zero-order chi connectivity index (χ0) is 35.9. The zero-order valence-corrected chi connectivity index (χ0v) is 25.4. The van der Waals surface area contributed by atoms with Crippen LogP contribution in [0, 0.1) is 13.7 Å². The van der Waals surface area contributed by atoms with Crippen LogP contribution in [0.15, 0.2) is 126 Å². The van der Waals surface area contributed by atoms with Gasteiger partial charge in [-0.05, 0) is 105 Å². The molecule has 0 amide bonds. The topological polar surface area (TPSA) is 26.0 Å². The van der Waals surface area contributed by atoms with Crippen molar-refractivity contribution in [2.75, 3.05) is 0 Å². The Hall–Kier alpha value is -5.21. The van der Waals surface area contributed by atoms with E-state index in [9.17, 15) is 0 Å². The first-order valence-corrected chi connectivity index (χ1v) is 15.2. The third-order valence-corrected chi connectivity index (χ3v) is 8.92. The molecule has 2 aromatic heterocycles. The fourth-order valence-electron chi connectivity index (χ4n) is 6.42. The number of fused-ring (bicyclic) bond motifs is 6. The fourth-order valence-corrected chi connectivity index (χ4v) is 6.42. The number of nitrogens with zero attached hydrogens (tertiary/aromatic N) is 1. The Morgan fingerprint density at radius 2 is 1.29 bits per heavy atom. The monoisotopic (exact) mass is 587 g/mol. The van der Waals surface area contributed by atoms with Crippen molar-refractivity contribution >= 4 is 43.5 Å². The highest BCUT2D eigenvalue weighted by Gasteiger charge is 2.17. The average molecular weight is 588 g/mol. The van der Waals surface area contributed by atoms with E-state index in [-0.39, 0.29) is 16.5 Å². The Morgan fingerprint density at radius 3 is 2.11 bits per heavy atom. The van der Waals surface area contributed by atoms with Crippen LogP contribution in [0.25, 0.3) is 77.0 Å². The number of pyridine rings is 1. The minimum Gasteiger partial charge on any atom is -0.455 e. The highest BCUT2D eigenvalue weighted by Crippen LogP contribution is 2.40. The maximum atomic E-state index is 8.58. The van der Waals surface area contributed by atoms with Crippen molar-refractivity contribution in [2.24, 2.45) is 0 Å². The molecule has 0 N–H and O–H groups in total. The van der Waals surface area contributed by atoms with Crippen LogP contribution in [0.2, 0.25) is 0 Å². The molecule has 2 heteroatoms. The molecule has 0 radical (unpaired) electrons. The summed E-state index contributed by atoms with van der Waals surface area (Å²) in [5.74, 6) is 0. The van der Waals surface area contributed by atoms with Crippen molar-refractivity contribution in [1.29, 1.82) is 0 Å². The van der Waals surface area contributed by atoms with Crippen LogP contribution >= 0.6 is 0 Å². The van der Waals surface area contributed by atoms with E-state index < -0.39 is 13.7 Å². The van der Waals surface area contributed by atoms with Gasteiger partial charge in [-0.15, -0.1) is 0 Å². The number of rotatable bonds is 3. The van der Waals surface area contributed by atoms with E-state index in [0.717, 1.165) is 49.0 Å². The number of aryl methyl sites for hydroxylation is 2. The standard InChI is InChI=1S/C43H35NO/c1-26-21-32-22-30(28-15-18-33(19-16-28)43(3,4)5)13-14-31(32)23-38(26)39-24-40(44-25-27(39)2)37-12-8-11-35-36-20-17-29-9-6-7-10-34(29)41(36)45-42(35)37/h6-25H,1-5H3/i1D3,2D3. The quantitative estimate of drug-likeness (QED) is 0.205. The maximum absolute atomic E-state index is 8.58. The van der Waals surface area contributed by atoms with Crippen LogP contribution in [0.1, 0.15) is 45.7 Å². The number of hydrogen-bond acceptors (Lipinski definition) is 2. The summed E-state index contributed by atoms with van der Waals surface area (Å²) in [6, 6.07) is 37.6. The number of hydrogen-bond donors (Lipinski definition) is 0. The second kappa shape index (κ2) is 10.2. The maximum Gasteiger partial charge on any atom is 0.144 e. The summed E-state index contributed by atoms with van der Waals surface area (Å²) in [5, 5.41) is 5.49. The molecule has 8 rings (SSSR count).